The molecule has 2 heterocycles. The quantitative estimate of drug-likeness (QED) is 0.421. The molecule has 8 nitrogen and oxygen atoms in total. The fraction of sp³-hybridized carbons (Fsp3) is 0.167. The summed E-state index contributed by atoms with van der Waals surface area (Å²) in [7, 11) is 5.32. The van der Waals surface area contributed by atoms with E-state index in [1.54, 1.807) is 24.3 Å². The molecule has 10 heteroatoms. The molecule has 1 amide bonds. The van der Waals surface area contributed by atoms with Gasteiger partial charge in [0.05, 0.1) is 16.8 Å². The molecule has 0 aliphatic carbocycles. The Bertz CT molecular complexity index is 1380. The van der Waals surface area contributed by atoms with E-state index >= 15 is 4.39 Å². The summed E-state index contributed by atoms with van der Waals surface area (Å²) in [4.78, 5) is 24.0. The predicted molar refractivity (Wildman–Crippen MR) is 133 cm³/mol. The van der Waals surface area contributed by atoms with Crippen LogP contribution in [0.3, 0.4) is 0 Å². The van der Waals surface area contributed by atoms with Gasteiger partial charge >= 0.3 is 0 Å². The van der Waals surface area contributed by atoms with Crippen LogP contribution in [0.15, 0.2) is 60.9 Å². The predicted octanol–water partition coefficient (Wildman–Crippen LogP) is 3.94. The number of aromatic nitrogens is 4. The van der Waals surface area contributed by atoms with Gasteiger partial charge in [0.25, 0.3) is 5.91 Å². The molecule has 0 saturated heterocycles. The molecular weight excluding hydrogens is 457 g/mol. The molecule has 0 spiro atoms. The van der Waals surface area contributed by atoms with Crippen molar-refractivity contribution in [1.82, 2.24) is 24.6 Å². The number of nitrogen functional groups attached to an aromatic ring is 1. The molecule has 0 aliphatic heterocycles. The van der Waals surface area contributed by atoms with Crippen molar-refractivity contribution in [2.45, 2.75) is 0 Å². The third-order valence-electron chi connectivity index (χ3n) is 5.21. The van der Waals surface area contributed by atoms with Crippen LogP contribution in [0, 0.1) is 5.82 Å². The van der Waals surface area contributed by atoms with Gasteiger partial charge in [0.15, 0.2) is 5.65 Å². The fourth-order valence-electron chi connectivity index (χ4n) is 3.46. The highest BCUT2D eigenvalue weighted by Gasteiger charge is 2.20. The standard InChI is InChI=1S/C24H23ClFN7O/c1-31(2)12-4-5-20(34)32(3)19-11-10-17(13-18(19)26)33-24-21(23(27)28-14-29-24)22(30-33)15-6-8-16(25)9-7-15/h4-11,13-14H,12H2,1-3H3,(H2,27,28,29). The number of nitrogens with zero attached hydrogens (tertiary/aromatic N) is 6. The Labute approximate surface area is 201 Å². The van der Waals surface area contributed by atoms with Crippen molar-refractivity contribution in [3.63, 3.8) is 0 Å². The van der Waals surface area contributed by atoms with E-state index in [9.17, 15) is 4.79 Å². The monoisotopic (exact) mass is 479 g/mol. The van der Waals surface area contributed by atoms with Gasteiger partial charge in [-0.05, 0) is 38.4 Å². The Morgan fingerprint density at radius 2 is 1.88 bits per heavy atom. The molecule has 174 valence electrons. The first-order valence-corrected chi connectivity index (χ1v) is 10.8. The van der Waals surface area contributed by atoms with E-state index in [2.05, 4.69) is 15.1 Å². The topological polar surface area (TPSA) is 93.2 Å². The zero-order valence-electron chi connectivity index (χ0n) is 18.9. The Hall–Kier alpha value is -3.82. The average Bonchev–Trinajstić information content (AvgIpc) is 3.20. The van der Waals surface area contributed by atoms with E-state index in [1.807, 2.05) is 31.1 Å². The van der Waals surface area contributed by atoms with E-state index in [0.717, 1.165) is 5.56 Å². The number of benzene rings is 2. The molecule has 0 unspecified atom stereocenters. The number of nitrogens with two attached hydrogens (primary N) is 1. The molecule has 2 aromatic heterocycles. The molecule has 2 N–H and O–H groups in total. The molecule has 34 heavy (non-hydrogen) atoms. The number of amides is 1. The van der Waals surface area contributed by atoms with Gasteiger partial charge in [-0.3, -0.25) is 4.79 Å². The number of anilines is 2. The number of hydrogen-bond donors (Lipinski definition) is 1. The minimum atomic E-state index is -0.576. The maximum atomic E-state index is 15.1. The number of fused-ring (bicyclic) bond motifs is 1. The summed E-state index contributed by atoms with van der Waals surface area (Å²) in [6.07, 6.45) is 4.48. The zero-order valence-corrected chi connectivity index (χ0v) is 19.7. The number of hydrogen-bond acceptors (Lipinski definition) is 6. The van der Waals surface area contributed by atoms with Crippen molar-refractivity contribution in [3.05, 3.63) is 71.8 Å². The van der Waals surface area contributed by atoms with Crippen LogP contribution in [0.4, 0.5) is 15.9 Å². The van der Waals surface area contributed by atoms with Gasteiger partial charge in [-0.25, -0.2) is 19.0 Å². The third kappa shape index (κ3) is 4.61. The van der Waals surface area contributed by atoms with Gasteiger partial charge < -0.3 is 15.5 Å². The van der Waals surface area contributed by atoms with Crippen molar-refractivity contribution in [2.75, 3.05) is 38.3 Å². The third-order valence-corrected chi connectivity index (χ3v) is 5.46. The molecule has 0 fully saturated rings. The lowest BCUT2D eigenvalue weighted by molar-refractivity contribution is -0.113. The maximum absolute atomic E-state index is 15.1. The van der Waals surface area contributed by atoms with Crippen LogP contribution < -0.4 is 10.6 Å². The minimum Gasteiger partial charge on any atom is -0.383 e. The summed E-state index contributed by atoms with van der Waals surface area (Å²) in [6, 6.07) is 11.6. The van der Waals surface area contributed by atoms with Gasteiger partial charge in [-0.15, -0.1) is 0 Å². The molecule has 0 atom stereocenters. The summed E-state index contributed by atoms with van der Waals surface area (Å²) < 4.78 is 16.6. The highest BCUT2D eigenvalue weighted by atomic mass is 35.5. The van der Waals surface area contributed by atoms with Gasteiger partial charge in [0.1, 0.15) is 23.7 Å². The lowest BCUT2D eigenvalue weighted by Crippen LogP contribution is -2.25. The molecule has 2 aromatic carbocycles. The van der Waals surface area contributed by atoms with Gasteiger partial charge in [-0.1, -0.05) is 29.8 Å². The Morgan fingerprint density at radius 1 is 1.15 bits per heavy atom. The molecule has 0 saturated carbocycles. The first-order chi connectivity index (χ1) is 16.3. The zero-order chi connectivity index (χ0) is 24.4. The molecule has 0 radical (unpaired) electrons. The summed E-state index contributed by atoms with van der Waals surface area (Å²) in [6.45, 7) is 0.605. The molecule has 0 bridgehead atoms. The van der Waals surface area contributed by atoms with E-state index in [-0.39, 0.29) is 17.4 Å². The van der Waals surface area contributed by atoms with Crippen molar-refractivity contribution < 1.29 is 9.18 Å². The van der Waals surface area contributed by atoms with Crippen LogP contribution in [0.2, 0.25) is 5.02 Å². The average molecular weight is 480 g/mol. The van der Waals surface area contributed by atoms with Crippen LogP contribution in [0.5, 0.6) is 0 Å². The highest BCUT2D eigenvalue weighted by Crippen LogP contribution is 2.33. The number of carbonyl (C=O) groups excluding carboxylic acids is 1. The summed E-state index contributed by atoms with van der Waals surface area (Å²) in [5.41, 5.74) is 8.46. The van der Waals surface area contributed by atoms with Crippen molar-refractivity contribution >= 4 is 40.0 Å². The lowest BCUT2D eigenvalue weighted by Gasteiger charge is -2.17. The van der Waals surface area contributed by atoms with Crippen LogP contribution in [-0.2, 0) is 4.79 Å². The van der Waals surface area contributed by atoms with Crippen LogP contribution >= 0.6 is 11.6 Å². The number of halogens is 2. The fourth-order valence-corrected chi connectivity index (χ4v) is 3.58. The second-order valence-corrected chi connectivity index (χ2v) is 8.36. The van der Waals surface area contributed by atoms with E-state index in [0.29, 0.717) is 34.0 Å². The lowest BCUT2D eigenvalue weighted by atomic mass is 10.1. The number of likely N-dealkylation sites (N-methyl/N-ethyl adjacent to an activating group) is 2. The van der Waals surface area contributed by atoms with Crippen molar-refractivity contribution in [2.24, 2.45) is 0 Å². The van der Waals surface area contributed by atoms with Crippen molar-refractivity contribution in [1.29, 1.82) is 0 Å². The molecule has 4 aromatic rings. The largest absolute Gasteiger partial charge is 0.383 e. The minimum absolute atomic E-state index is 0.145. The molecular formula is C24H23ClFN7O. The Morgan fingerprint density at radius 3 is 2.56 bits per heavy atom. The van der Waals surface area contributed by atoms with Crippen LogP contribution in [0.25, 0.3) is 28.0 Å². The SMILES string of the molecule is CN(C)CC=CC(=O)N(C)c1ccc(-n2nc(-c3ccc(Cl)cc3)c3c(N)ncnc32)cc1F. The molecule has 4 rings (SSSR count). The second-order valence-electron chi connectivity index (χ2n) is 7.92. The van der Waals surface area contributed by atoms with Gasteiger partial charge in [0, 0.05) is 36.3 Å². The first-order valence-electron chi connectivity index (χ1n) is 10.4. The van der Waals surface area contributed by atoms with Gasteiger partial charge in [-0.2, -0.15) is 5.10 Å². The van der Waals surface area contributed by atoms with Crippen LogP contribution in [-0.4, -0.2) is 58.2 Å². The van der Waals surface area contributed by atoms with E-state index < -0.39 is 5.82 Å². The smallest absolute Gasteiger partial charge is 0.250 e. The first kappa shape index (κ1) is 23.3. The van der Waals surface area contributed by atoms with Crippen LogP contribution in [0.1, 0.15) is 0 Å². The van der Waals surface area contributed by atoms with Crippen molar-refractivity contribution in [3.8, 4) is 16.9 Å². The number of carbonyl (C=O) groups is 1. The summed E-state index contributed by atoms with van der Waals surface area (Å²) in [5.74, 6) is -0.648. The number of rotatable bonds is 6. The molecule has 0 aliphatic rings. The van der Waals surface area contributed by atoms with Gasteiger partial charge in [0.2, 0.25) is 0 Å². The van der Waals surface area contributed by atoms with E-state index in [4.69, 9.17) is 17.3 Å². The summed E-state index contributed by atoms with van der Waals surface area (Å²) >= 11 is 6.02. The highest BCUT2D eigenvalue weighted by molar-refractivity contribution is 6.30. The second kappa shape index (κ2) is 9.58. The Balaban J connectivity index is 1.74. The van der Waals surface area contributed by atoms with E-state index in [1.165, 1.54) is 41.2 Å². The maximum Gasteiger partial charge on any atom is 0.250 e. The normalized spacial score (nSPS) is 11.6. The summed E-state index contributed by atoms with van der Waals surface area (Å²) in [5, 5.41) is 5.79. The Kier molecular flexibility index (Phi) is 6.58.